The van der Waals surface area contributed by atoms with E-state index in [4.69, 9.17) is 4.74 Å². The summed E-state index contributed by atoms with van der Waals surface area (Å²) < 4.78 is 5.57. The molecule has 0 fully saturated rings. The molecule has 0 aliphatic heterocycles. The minimum atomic E-state index is -0.298. The zero-order chi connectivity index (χ0) is 21.3. The SMILES string of the molecule is CCCCC1CC=C(c2ccc(C(=O)Oc3ccc(CC(C)CC)cc3)cc2)CC1. The van der Waals surface area contributed by atoms with Crippen LogP contribution in [0.5, 0.6) is 5.75 Å². The van der Waals surface area contributed by atoms with Gasteiger partial charge in [-0.05, 0) is 78.5 Å². The quantitative estimate of drug-likeness (QED) is 0.314. The topological polar surface area (TPSA) is 26.3 Å². The molecule has 0 heterocycles. The number of benzene rings is 2. The van der Waals surface area contributed by atoms with E-state index in [1.165, 1.54) is 55.2 Å². The molecular formula is C28H36O2. The summed E-state index contributed by atoms with van der Waals surface area (Å²) in [6, 6.07) is 15.8. The van der Waals surface area contributed by atoms with E-state index in [2.05, 4.69) is 51.1 Å². The third kappa shape index (κ3) is 6.32. The summed E-state index contributed by atoms with van der Waals surface area (Å²) in [6.45, 7) is 6.73. The van der Waals surface area contributed by atoms with Gasteiger partial charge in [0.05, 0.1) is 5.56 Å². The van der Waals surface area contributed by atoms with Gasteiger partial charge in [-0.1, -0.05) is 76.8 Å². The first-order valence-electron chi connectivity index (χ1n) is 11.7. The lowest BCUT2D eigenvalue weighted by molar-refractivity contribution is 0.0734. The second-order valence-electron chi connectivity index (χ2n) is 8.84. The Kier molecular flexibility index (Phi) is 8.30. The molecule has 30 heavy (non-hydrogen) atoms. The minimum Gasteiger partial charge on any atom is -0.423 e. The van der Waals surface area contributed by atoms with Gasteiger partial charge in [0.2, 0.25) is 0 Å². The Morgan fingerprint density at radius 1 is 1.07 bits per heavy atom. The number of ether oxygens (including phenoxy) is 1. The summed E-state index contributed by atoms with van der Waals surface area (Å²) in [4.78, 5) is 12.5. The van der Waals surface area contributed by atoms with Crippen molar-refractivity contribution in [2.75, 3.05) is 0 Å². The summed E-state index contributed by atoms with van der Waals surface area (Å²) >= 11 is 0. The Balaban J connectivity index is 1.56. The summed E-state index contributed by atoms with van der Waals surface area (Å²) in [5.41, 5.74) is 4.53. The van der Waals surface area contributed by atoms with E-state index in [-0.39, 0.29) is 5.97 Å². The number of rotatable bonds is 9. The molecule has 0 saturated heterocycles. The van der Waals surface area contributed by atoms with E-state index in [9.17, 15) is 4.79 Å². The highest BCUT2D eigenvalue weighted by Crippen LogP contribution is 2.32. The van der Waals surface area contributed by atoms with Crippen molar-refractivity contribution in [3.05, 3.63) is 71.3 Å². The van der Waals surface area contributed by atoms with E-state index in [1.54, 1.807) is 0 Å². The molecule has 2 aromatic carbocycles. The third-order valence-corrected chi connectivity index (χ3v) is 6.39. The van der Waals surface area contributed by atoms with Gasteiger partial charge in [-0.15, -0.1) is 0 Å². The first kappa shape index (κ1) is 22.3. The van der Waals surface area contributed by atoms with Crippen molar-refractivity contribution in [2.24, 2.45) is 11.8 Å². The molecule has 2 aromatic rings. The molecule has 1 aliphatic rings. The molecule has 0 saturated carbocycles. The van der Waals surface area contributed by atoms with Crippen LogP contribution in [0.1, 0.15) is 87.2 Å². The number of carbonyl (C=O) groups is 1. The van der Waals surface area contributed by atoms with Crippen molar-refractivity contribution in [2.45, 2.75) is 72.1 Å². The summed E-state index contributed by atoms with van der Waals surface area (Å²) in [7, 11) is 0. The standard InChI is InChI=1S/C28H36O2/c1-4-6-7-22-8-12-24(13-9-22)25-14-16-26(17-15-25)28(29)30-27-18-10-23(11-19-27)20-21(3)5-2/h10-12,14-19,21-22H,4-9,13,20H2,1-3H3. The van der Waals surface area contributed by atoms with Crippen molar-refractivity contribution in [1.29, 1.82) is 0 Å². The highest BCUT2D eigenvalue weighted by molar-refractivity contribution is 5.91. The first-order chi connectivity index (χ1) is 14.6. The van der Waals surface area contributed by atoms with Gasteiger partial charge >= 0.3 is 5.97 Å². The van der Waals surface area contributed by atoms with Crippen LogP contribution in [0.2, 0.25) is 0 Å². The van der Waals surface area contributed by atoms with Crippen LogP contribution < -0.4 is 4.74 Å². The molecule has 0 aromatic heterocycles. The van der Waals surface area contributed by atoms with Crippen molar-refractivity contribution >= 4 is 11.5 Å². The molecule has 2 heteroatoms. The minimum absolute atomic E-state index is 0.298. The lowest BCUT2D eigenvalue weighted by Gasteiger charge is -2.22. The third-order valence-electron chi connectivity index (χ3n) is 6.39. The lowest BCUT2D eigenvalue weighted by Crippen LogP contribution is -2.09. The molecule has 0 radical (unpaired) electrons. The zero-order valence-corrected chi connectivity index (χ0v) is 18.8. The predicted octanol–water partition coefficient (Wildman–Crippen LogP) is 7.87. The Morgan fingerprint density at radius 3 is 2.40 bits per heavy atom. The molecule has 3 rings (SSSR count). The van der Waals surface area contributed by atoms with Crippen molar-refractivity contribution in [3.63, 3.8) is 0 Å². The largest absolute Gasteiger partial charge is 0.423 e. The average molecular weight is 405 g/mol. The number of hydrogen-bond donors (Lipinski definition) is 0. The second kappa shape index (κ2) is 11.2. The van der Waals surface area contributed by atoms with Crippen molar-refractivity contribution in [1.82, 2.24) is 0 Å². The van der Waals surface area contributed by atoms with E-state index in [0.29, 0.717) is 17.2 Å². The van der Waals surface area contributed by atoms with Crippen molar-refractivity contribution < 1.29 is 9.53 Å². The normalized spacial score (nSPS) is 17.3. The van der Waals surface area contributed by atoms with E-state index in [0.717, 1.165) is 18.8 Å². The van der Waals surface area contributed by atoms with Crippen LogP contribution >= 0.6 is 0 Å². The molecule has 0 amide bonds. The second-order valence-corrected chi connectivity index (χ2v) is 8.84. The lowest BCUT2D eigenvalue weighted by atomic mass is 9.84. The van der Waals surface area contributed by atoms with Crippen LogP contribution in [0, 0.1) is 11.8 Å². The fraction of sp³-hybridized carbons (Fsp3) is 0.464. The Bertz CT molecular complexity index is 830. The summed E-state index contributed by atoms with van der Waals surface area (Å²) in [6.07, 6.45) is 12.2. The molecule has 2 atom stereocenters. The zero-order valence-electron chi connectivity index (χ0n) is 18.8. The number of hydrogen-bond acceptors (Lipinski definition) is 2. The number of carbonyl (C=O) groups excluding carboxylic acids is 1. The van der Waals surface area contributed by atoms with Gasteiger partial charge in [-0.25, -0.2) is 4.79 Å². The molecular weight excluding hydrogens is 368 g/mol. The molecule has 160 valence electrons. The van der Waals surface area contributed by atoms with Crippen molar-refractivity contribution in [3.8, 4) is 5.75 Å². The van der Waals surface area contributed by atoms with Gasteiger partial charge in [-0.3, -0.25) is 0 Å². The summed E-state index contributed by atoms with van der Waals surface area (Å²) in [5, 5.41) is 0. The molecule has 2 unspecified atom stereocenters. The molecule has 1 aliphatic carbocycles. The fourth-order valence-corrected chi connectivity index (χ4v) is 4.13. The van der Waals surface area contributed by atoms with Gasteiger partial charge in [0.15, 0.2) is 0 Å². The smallest absolute Gasteiger partial charge is 0.343 e. The van der Waals surface area contributed by atoms with E-state index in [1.807, 2.05) is 24.3 Å². The van der Waals surface area contributed by atoms with Crippen LogP contribution in [0.15, 0.2) is 54.6 Å². The Labute approximate surface area is 182 Å². The van der Waals surface area contributed by atoms with Gasteiger partial charge in [0.1, 0.15) is 5.75 Å². The number of esters is 1. The van der Waals surface area contributed by atoms with E-state index >= 15 is 0 Å². The van der Waals surface area contributed by atoms with Crippen LogP contribution in [-0.2, 0) is 6.42 Å². The molecule has 0 bridgehead atoms. The van der Waals surface area contributed by atoms with Crippen LogP contribution in [0.25, 0.3) is 5.57 Å². The Morgan fingerprint density at radius 2 is 1.80 bits per heavy atom. The molecule has 2 nitrogen and oxygen atoms in total. The predicted molar refractivity (Wildman–Crippen MR) is 126 cm³/mol. The molecule has 0 N–H and O–H groups in total. The number of unbranched alkanes of at least 4 members (excludes halogenated alkanes) is 1. The fourth-order valence-electron chi connectivity index (χ4n) is 4.13. The summed E-state index contributed by atoms with van der Waals surface area (Å²) in [5.74, 6) is 1.82. The van der Waals surface area contributed by atoms with Gasteiger partial charge in [0.25, 0.3) is 0 Å². The Hall–Kier alpha value is -2.35. The monoisotopic (exact) mass is 404 g/mol. The maximum atomic E-state index is 12.5. The maximum Gasteiger partial charge on any atom is 0.343 e. The molecule has 0 spiro atoms. The first-order valence-corrected chi connectivity index (χ1v) is 11.7. The van der Waals surface area contributed by atoms with Crippen LogP contribution in [0.3, 0.4) is 0 Å². The average Bonchev–Trinajstić information content (AvgIpc) is 2.79. The highest BCUT2D eigenvalue weighted by atomic mass is 16.5. The van der Waals surface area contributed by atoms with Gasteiger partial charge < -0.3 is 4.74 Å². The van der Waals surface area contributed by atoms with E-state index < -0.39 is 0 Å². The highest BCUT2D eigenvalue weighted by Gasteiger charge is 2.16. The van der Waals surface area contributed by atoms with Crippen LogP contribution in [-0.4, -0.2) is 5.97 Å². The van der Waals surface area contributed by atoms with Gasteiger partial charge in [-0.2, -0.15) is 0 Å². The van der Waals surface area contributed by atoms with Crippen LogP contribution in [0.4, 0.5) is 0 Å². The maximum absolute atomic E-state index is 12.5. The number of allylic oxidation sites excluding steroid dienone is 2. The van der Waals surface area contributed by atoms with Gasteiger partial charge in [0, 0.05) is 0 Å².